The van der Waals surface area contributed by atoms with E-state index in [0.717, 1.165) is 24.0 Å². The van der Waals surface area contributed by atoms with Crippen molar-refractivity contribution in [1.82, 2.24) is 0 Å². The van der Waals surface area contributed by atoms with Crippen LogP contribution < -0.4 is 0 Å². The van der Waals surface area contributed by atoms with E-state index in [1.807, 2.05) is 12.1 Å². The van der Waals surface area contributed by atoms with Gasteiger partial charge in [0.1, 0.15) is 5.75 Å². The van der Waals surface area contributed by atoms with Crippen molar-refractivity contribution in [1.29, 1.82) is 0 Å². The average Bonchev–Trinajstić information content (AvgIpc) is 2.29. The molecule has 0 aliphatic rings. The molecule has 0 amide bonds. The molecule has 100 valence electrons. The third-order valence-electron chi connectivity index (χ3n) is 2.94. The largest absolute Gasteiger partial charge is 0.508 e. The first kappa shape index (κ1) is 14.6. The molecule has 0 radical (unpaired) electrons. The molecule has 0 bridgehead atoms. The van der Waals surface area contributed by atoms with Gasteiger partial charge in [-0.3, -0.25) is 4.79 Å². The van der Waals surface area contributed by atoms with Crippen molar-refractivity contribution in [3.05, 3.63) is 29.3 Å². The highest BCUT2D eigenvalue weighted by Gasteiger charge is 2.18. The average molecular weight is 250 g/mol. The van der Waals surface area contributed by atoms with Crippen molar-refractivity contribution < 1.29 is 14.6 Å². The number of phenolic OH excluding ortho intramolecular Hbond substituents is 1. The first-order chi connectivity index (χ1) is 8.34. The van der Waals surface area contributed by atoms with Crippen molar-refractivity contribution >= 4 is 5.97 Å². The number of esters is 1. The minimum absolute atomic E-state index is 0.0809. The van der Waals surface area contributed by atoms with Gasteiger partial charge in [-0.05, 0) is 35.4 Å². The van der Waals surface area contributed by atoms with Crippen molar-refractivity contribution in [2.24, 2.45) is 0 Å². The molecule has 0 spiro atoms. The Morgan fingerprint density at radius 2 is 2.00 bits per heavy atom. The van der Waals surface area contributed by atoms with Crippen molar-refractivity contribution in [2.45, 2.75) is 45.4 Å². The van der Waals surface area contributed by atoms with Crippen LogP contribution in [0.4, 0.5) is 0 Å². The number of hydrogen-bond donors (Lipinski definition) is 1. The second-order valence-electron chi connectivity index (χ2n) is 5.53. The summed E-state index contributed by atoms with van der Waals surface area (Å²) in [5.41, 5.74) is 2.00. The van der Waals surface area contributed by atoms with Crippen LogP contribution in [0.15, 0.2) is 18.2 Å². The fraction of sp³-hybridized carbons (Fsp3) is 0.533. The Morgan fingerprint density at radius 3 is 2.56 bits per heavy atom. The van der Waals surface area contributed by atoms with Gasteiger partial charge in [0.05, 0.1) is 7.11 Å². The van der Waals surface area contributed by atoms with E-state index >= 15 is 0 Å². The molecule has 0 atom stereocenters. The number of rotatable bonds is 4. The minimum atomic E-state index is -0.176. The van der Waals surface area contributed by atoms with Gasteiger partial charge in [0, 0.05) is 6.42 Å². The molecule has 1 N–H and O–H groups in total. The predicted octanol–water partition coefficient (Wildman–Crippen LogP) is 3.19. The van der Waals surface area contributed by atoms with Crippen LogP contribution in [0, 0.1) is 0 Å². The fourth-order valence-corrected chi connectivity index (χ4v) is 1.88. The summed E-state index contributed by atoms with van der Waals surface area (Å²) < 4.78 is 4.61. The predicted molar refractivity (Wildman–Crippen MR) is 71.8 cm³/mol. The summed E-state index contributed by atoms with van der Waals surface area (Å²) in [7, 11) is 1.40. The number of benzene rings is 1. The number of aryl methyl sites for hydroxylation is 1. The molecule has 0 heterocycles. The van der Waals surface area contributed by atoms with Crippen LogP contribution in [0.2, 0.25) is 0 Å². The Balaban J connectivity index is 2.71. The Kier molecular flexibility index (Phi) is 4.76. The molecule has 1 aromatic rings. The monoisotopic (exact) mass is 250 g/mol. The number of hydrogen-bond acceptors (Lipinski definition) is 3. The molecule has 3 nitrogen and oxygen atoms in total. The molecule has 0 aliphatic heterocycles. The lowest BCUT2D eigenvalue weighted by Crippen LogP contribution is -2.11. The van der Waals surface area contributed by atoms with Crippen LogP contribution in [0.5, 0.6) is 5.75 Å². The van der Waals surface area contributed by atoms with Crippen molar-refractivity contribution in [3.63, 3.8) is 0 Å². The Morgan fingerprint density at radius 1 is 1.33 bits per heavy atom. The molecule has 0 saturated carbocycles. The van der Waals surface area contributed by atoms with Gasteiger partial charge in [0.2, 0.25) is 0 Å². The third kappa shape index (κ3) is 4.06. The molecule has 3 heteroatoms. The maximum Gasteiger partial charge on any atom is 0.305 e. The number of carbonyl (C=O) groups is 1. The zero-order valence-electron chi connectivity index (χ0n) is 11.6. The summed E-state index contributed by atoms with van der Waals surface area (Å²) in [5.74, 6) is 0.157. The lowest BCUT2D eigenvalue weighted by atomic mass is 9.85. The zero-order chi connectivity index (χ0) is 13.8. The third-order valence-corrected chi connectivity index (χ3v) is 2.94. The molecule has 0 fully saturated rings. The van der Waals surface area contributed by atoms with E-state index in [1.54, 1.807) is 6.07 Å². The summed E-state index contributed by atoms with van der Waals surface area (Å²) in [6.07, 6.45) is 2.02. The molecule has 1 rings (SSSR count). The lowest BCUT2D eigenvalue weighted by Gasteiger charge is -2.21. The molecule has 18 heavy (non-hydrogen) atoms. The number of phenols is 1. The molecule has 0 unspecified atom stereocenters. The zero-order valence-corrected chi connectivity index (χ0v) is 11.6. The Labute approximate surface area is 109 Å². The van der Waals surface area contributed by atoms with Crippen LogP contribution >= 0.6 is 0 Å². The smallest absolute Gasteiger partial charge is 0.305 e. The molecule has 0 aliphatic carbocycles. The highest BCUT2D eigenvalue weighted by atomic mass is 16.5. The lowest BCUT2D eigenvalue weighted by molar-refractivity contribution is -0.140. The van der Waals surface area contributed by atoms with E-state index < -0.39 is 0 Å². The summed E-state index contributed by atoms with van der Waals surface area (Å²) in [6.45, 7) is 6.21. The van der Waals surface area contributed by atoms with Crippen LogP contribution in [0.3, 0.4) is 0 Å². The molecular weight excluding hydrogens is 228 g/mol. The van der Waals surface area contributed by atoms with Crippen LogP contribution in [0.1, 0.15) is 44.7 Å². The normalized spacial score (nSPS) is 11.3. The van der Waals surface area contributed by atoms with Gasteiger partial charge in [-0.1, -0.05) is 32.9 Å². The van der Waals surface area contributed by atoms with Gasteiger partial charge in [-0.25, -0.2) is 0 Å². The molecule has 0 saturated heterocycles. The first-order valence-electron chi connectivity index (χ1n) is 6.24. The van der Waals surface area contributed by atoms with E-state index in [1.165, 1.54) is 7.11 Å². The van der Waals surface area contributed by atoms with E-state index in [0.29, 0.717) is 12.2 Å². The van der Waals surface area contributed by atoms with Gasteiger partial charge in [0.15, 0.2) is 0 Å². The van der Waals surface area contributed by atoms with Gasteiger partial charge in [0.25, 0.3) is 0 Å². The van der Waals surface area contributed by atoms with Crippen molar-refractivity contribution in [2.75, 3.05) is 7.11 Å². The molecular formula is C15H22O3. The van der Waals surface area contributed by atoms with Crippen molar-refractivity contribution in [3.8, 4) is 5.75 Å². The maximum absolute atomic E-state index is 11.0. The quantitative estimate of drug-likeness (QED) is 0.835. The number of ether oxygens (including phenoxy) is 1. The second-order valence-corrected chi connectivity index (χ2v) is 5.53. The highest BCUT2D eigenvalue weighted by molar-refractivity contribution is 5.69. The SMILES string of the molecule is COC(=O)CCCc1ccc(O)c(C(C)(C)C)c1. The van der Waals surface area contributed by atoms with Gasteiger partial charge in [-0.2, -0.15) is 0 Å². The molecule has 0 aromatic heterocycles. The van der Waals surface area contributed by atoms with E-state index in [9.17, 15) is 9.90 Å². The van der Waals surface area contributed by atoms with Crippen LogP contribution in [0.25, 0.3) is 0 Å². The van der Waals surface area contributed by atoms with Crippen LogP contribution in [-0.4, -0.2) is 18.2 Å². The van der Waals surface area contributed by atoms with Gasteiger partial charge in [-0.15, -0.1) is 0 Å². The van der Waals surface area contributed by atoms with E-state index in [4.69, 9.17) is 0 Å². The Bertz CT molecular complexity index is 416. The minimum Gasteiger partial charge on any atom is -0.508 e. The fourth-order valence-electron chi connectivity index (χ4n) is 1.88. The highest BCUT2D eigenvalue weighted by Crippen LogP contribution is 2.31. The summed E-state index contributed by atoms with van der Waals surface area (Å²) in [4.78, 5) is 11.0. The standard InChI is InChI=1S/C15H22O3/c1-15(2,3)12-10-11(8-9-13(12)16)6-5-7-14(17)18-4/h8-10,16H,5-7H2,1-4H3. The van der Waals surface area contributed by atoms with E-state index in [2.05, 4.69) is 25.5 Å². The molecule has 1 aromatic carbocycles. The second kappa shape index (κ2) is 5.89. The summed E-state index contributed by atoms with van der Waals surface area (Å²) in [6, 6.07) is 5.66. The van der Waals surface area contributed by atoms with Gasteiger partial charge < -0.3 is 9.84 Å². The van der Waals surface area contributed by atoms with E-state index in [-0.39, 0.29) is 11.4 Å². The van der Waals surface area contributed by atoms with Crippen LogP contribution in [-0.2, 0) is 21.4 Å². The van der Waals surface area contributed by atoms with Gasteiger partial charge >= 0.3 is 5.97 Å². The summed E-state index contributed by atoms with van der Waals surface area (Å²) >= 11 is 0. The number of methoxy groups -OCH3 is 1. The topological polar surface area (TPSA) is 46.5 Å². The Hall–Kier alpha value is -1.51. The number of carbonyl (C=O) groups excluding carboxylic acids is 1. The summed E-state index contributed by atoms with van der Waals surface area (Å²) in [5, 5.41) is 9.85. The number of aromatic hydroxyl groups is 1. The maximum atomic E-state index is 11.0. The first-order valence-corrected chi connectivity index (χ1v) is 6.24.